The normalized spacial score (nSPS) is 17.4. The number of carbonyl (C=O) groups is 4. The molecular formula is C33H37N3O8. The molecule has 0 aliphatic carbocycles. The molecule has 0 aromatic heterocycles. The largest absolute Gasteiger partial charge is 0.497 e. The van der Waals surface area contributed by atoms with Crippen LogP contribution in [0.15, 0.2) is 84.9 Å². The molecule has 4 unspecified atom stereocenters. The fourth-order valence-corrected chi connectivity index (χ4v) is 4.63. The number of benzene rings is 3. The van der Waals surface area contributed by atoms with Gasteiger partial charge in [-0.15, -0.1) is 0 Å². The Labute approximate surface area is 255 Å². The number of hydrogen-bond donors (Lipinski definition) is 4. The Kier molecular flexibility index (Phi) is 11.1. The van der Waals surface area contributed by atoms with Crippen LogP contribution in [-0.4, -0.2) is 72.8 Å². The van der Waals surface area contributed by atoms with Crippen molar-refractivity contribution in [3.05, 3.63) is 102 Å². The standard InChI is InChI=1S/C33H37N3O8/c1-33(21-44-33)29(37)26(17-22-9-5-3-6-10-22)34-30(38)27(18-23-13-15-25(42-2)16-14-23)35-31(39)28(36-32(40)41)20-43-19-24-11-7-4-8-12-24/h3-16,26-28,36H,17-21H2,1-2H3,(H,34,38)(H,35,39)(H,40,41). The first-order valence-electron chi connectivity index (χ1n) is 14.2. The zero-order valence-corrected chi connectivity index (χ0v) is 24.7. The SMILES string of the molecule is COc1ccc(CC(NC(=O)C(COCc2ccccc2)NC(=O)O)C(=O)NC(Cc2ccccc2)C(=O)C2(C)CO2)cc1. The predicted molar refractivity (Wildman–Crippen MR) is 161 cm³/mol. The summed E-state index contributed by atoms with van der Waals surface area (Å²) >= 11 is 0. The van der Waals surface area contributed by atoms with Gasteiger partial charge >= 0.3 is 6.09 Å². The van der Waals surface area contributed by atoms with Gasteiger partial charge in [0, 0.05) is 6.42 Å². The van der Waals surface area contributed by atoms with Crippen LogP contribution >= 0.6 is 0 Å². The summed E-state index contributed by atoms with van der Waals surface area (Å²) in [4.78, 5) is 52.1. The molecule has 4 N–H and O–H groups in total. The van der Waals surface area contributed by atoms with Gasteiger partial charge in [0.2, 0.25) is 11.8 Å². The molecule has 1 aliphatic heterocycles. The van der Waals surface area contributed by atoms with Gasteiger partial charge < -0.3 is 35.3 Å². The van der Waals surface area contributed by atoms with Crippen molar-refractivity contribution in [2.75, 3.05) is 20.3 Å². The van der Waals surface area contributed by atoms with Crippen LogP contribution in [0, 0.1) is 0 Å². The maximum Gasteiger partial charge on any atom is 0.405 e. The van der Waals surface area contributed by atoms with E-state index in [-0.39, 0.29) is 38.4 Å². The van der Waals surface area contributed by atoms with Crippen LogP contribution in [0.1, 0.15) is 23.6 Å². The van der Waals surface area contributed by atoms with Crippen molar-refractivity contribution in [3.8, 4) is 5.75 Å². The molecule has 1 aliphatic rings. The number of nitrogens with one attached hydrogen (secondary N) is 3. The molecule has 0 spiro atoms. The average molecular weight is 604 g/mol. The zero-order valence-electron chi connectivity index (χ0n) is 24.7. The van der Waals surface area contributed by atoms with Gasteiger partial charge in [-0.1, -0.05) is 72.8 Å². The maximum atomic E-state index is 13.8. The molecule has 1 fully saturated rings. The number of ether oxygens (including phenoxy) is 3. The van der Waals surface area contributed by atoms with Gasteiger partial charge in [0.1, 0.15) is 23.4 Å². The van der Waals surface area contributed by atoms with E-state index in [9.17, 15) is 24.3 Å². The van der Waals surface area contributed by atoms with Gasteiger partial charge in [-0.3, -0.25) is 14.4 Å². The van der Waals surface area contributed by atoms with Crippen molar-refractivity contribution in [2.45, 2.75) is 50.1 Å². The van der Waals surface area contributed by atoms with Gasteiger partial charge in [0.05, 0.1) is 33.0 Å². The number of methoxy groups -OCH3 is 1. The van der Waals surface area contributed by atoms with Gasteiger partial charge in [-0.25, -0.2) is 4.79 Å². The van der Waals surface area contributed by atoms with E-state index >= 15 is 0 Å². The highest BCUT2D eigenvalue weighted by Gasteiger charge is 2.50. The molecular weight excluding hydrogens is 566 g/mol. The molecule has 3 aromatic carbocycles. The highest BCUT2D eigenvalue weighted by Crippen LogP contribution is 2.29. The van der Waals surface area contributed by atoms with Crippen molar-refractivity contribution in [1.82, 2.24) is 16.0 Å². The van der Waals surface area contributed by atoms with E-state index in [4.69, 9.17) is 14.2 Å². The van der Waals surface area contributed by atoms with E-state index < -0.39 is 41.6 Å². The smallest absolute Gasteiger partial charge is 0.405 e. The Morgan fingerprint density at radius 1 is 0.773 bits per heavy atom. The maximum absolute atomic E-state index is 13.8. The van der Waals surface area contributed by atoms with E-state index in [1.165, 1.54) is 7.11 Å². The Bertz CT molecular complexity index is 1410. The second-order valence-corrected chi connectivity index (χ2v) is 10.8. The molecule has 11 heteroatoms. The van der Waals surface area contributed by atoms with Crippen molar-refractivity contribution in [2.24, 2.45) is 0 Å². The number of ketones is 1. The summed E-state index contributed by atoms with van der Waals surface area (Å²) < 4.78 is 16.2. The average Bonchev–Trinajstić information content (AvgIpc) is 3.78. The first kappa shape index (κ1) is 32.2. The van der Waals surface area contributed by atoms with Crippen LogP contribution in [-0.2, 0) is 43.3 Å². The quantitative estimate of drug-likeness (QED) is 0.182. The van der Waals surface area contributed by atoms with Crippen LogP contribution in [0.4, 0.5) is 4.79 Å². The Balaban J connectivity index is 1.52. The third-order valence-corrected chi connectivity index (χ3v) is 7.26. The van der Waals surface area contributed by atoms with Gasteiger partial charge in [0.25, 0.3) is 0 Å². The van der Waals surface area contributed by atoms with Crippen LogP contribution in [0.3, 0.4) is 0 Å². The zero-order chi connectivity index (χ0) is 31.5. The molecule has 3 aromatic rings. The minimum Gasteiger partial charge on any atom is -0.497 e. The van der Waals surface area contributed by atoms with Crippen LogP contribution in [0.2, 0.25) is 0 Å². The fraction of sp³-hybridized carbons (Fsp3) is 0.333. The second kappa shape index (κ2) is 15.1. The molecule has 1 saturated heterocycles. The van der Waals surface area contributed by atoms with Crippen LogP contribution < -0.4 is 20.7 Å². The lowest BCUT2D eigenvalue weighted by atomic mass is 9.94. The molecule has 0 saturated carbocycles. The number of rotatable bonds is 16. The molecule has 0 bridgehead atoms. The van der Waals surface area contributed by atoms with E-state index in [1.54, 1.807) is 31.2 Å². The summed E-state index contributed by atoms with van der Waals surface area (Å²) in [6.45, 7) is 1.82. The minimum absolute atomic E-state index is 0.0618. The highest BCUT2D eigenvalue weighted by atomic mass is 16.6. The molecule has 0 radical (unpaired) electrons. The lowest BCUT2D eigenvalue weighted by Gasteiger charge is -2.26. The topological polar surface area (TPSA) is 156 Å². The van der Waals surface area contributed by atoms with Gasteiger partial charge in [-0.2, -0.15) is 0 Å². The van der Waals surface area contributed by atoms with Gasteiger partial charge in [0.15, 0.2) is 5.78 Å². The van der Waals surface area contributed by atoms with E-state index in [0.717, 1.165) is 11.1 Å². The summed E-state index contributed by atoms with van der Waals surface area (Å²) in [7, 11) is 1.54. The first-order chi connectivity index (χ1) is 21.2. The fourth-order valence-electron chi connectivity index (χ4n) is 4.63. The third-order valence-electron chi connectivity index (χ3n) is 7.26. The van der Waals surface area contributed by atoms with Crippen LogP contribution in [0.5, 0.6) is 5.75 Å². The van der Waals surface area contributed by atoms with E-state index in [0.29, 0.717) is 11.3 Å². The summed E-state index contributed by atoms with van der Waals surface area (Å²) in [6, 6.07) is 22.1. The number of hydrogen-bond acceptors (Lipinski definition) is 7. The first-order valence-corrected chi connectivity index (χ1v) is 14.2. The highest BCUT2D eigenvalue weighted by molar-refractivity contribution is 5.98. The Morgan fingerprint density at radius 3 is 1.86 bits per heavy atom. The lowest BCUT2D eigenvalue weighted by molar-refractivity contribution is -0.133. The van der Waals surface area contributed by atoms with Crippen molar-refractivity contribution in [1.29, 1.82) is 0 Å². The molecule has 4 atom stereocenters. The molecule has 44 heavy (non-hydrogen) atoms. The Morgan fingerprint density at radius 2 is 1.30 bits per heavy atom. The number of Topliss-reactive ketones (excluding diaryl/α,β-unsaturated/α-hetero) is 1. The summed E-state index contributed by atoms with van der Waals surface area (Å²) in [5, 5.41) is 17.1. The van der Waals surface area contributed by atoms with Crippen molar-refractivity contribution >= 4 is 23.7 Å². The van der Waals surface area contributed by atoms with Crippen molar-refractivity contribution in [3.63, 3.8) is 0 Å². The number of carbonyl (C=O) groups excluding carboxylic acids is 3. The molecule has 232 valence electrons. The van der Waals surface area contributed by atoms with Crippen molar-refractivity contribution < 1.29 is 38.5 Å². The molecule has 11 nitrogen and oxygen atoms in total. The minimum atomic E-state index is -1.42. The number of epoxide rings is 1. The van der Waals surface area contributed by atoms with E-state index in [2.05, 4.69) is 16.0 Å². The second-order valence-electron chi connectivity index (χ2n) is 10.8. The number of carboxylic acid groups (broad SMARTS) is 1. The summed E-state index contributed by atoms with van der Waals surface area (Å²) in [5.41, 5.74) is 1.40. The van der Waals surface area contributed by atoms with E-state index in [1.807, 2.05) is 60.7 Å². The lowest BCUT2D eigenvalue weighted by Crippen LogP contribution is -2.58. The molecule has 4 rings (SSSR count). The Hall–Kier alpha value is -4.74. The van der Waals surface area contributed by atoms with Crippen LogP contribution in [0.25, 0.3) is 0 Å². The summed E-state index contributed by atoms with van der Waals surface area (Å²) in [6.07, 6.45) is -1.13. The molecule has 3 amide bonds. The predicted octanol–water partition coefficient (Wildman–Crippen LogP) is 2.66. The summed E-state index contributed by atoms with van der Waals surface area (Å²) in [5.74, 6) is -1.01. The monoisotopic (exact) mass is 603 g/mol. The third kappa shape index (κ3) is 9.38. The van der Waals surface area contributed by atoms with Gasteiger partial charge in [-0.05, 0) is 42.2 Å². The number of amides is 3. The molecule has 1 heterocycles.